The fourth-order valence-corrected chi connectivity index (χ4v) is 2.96. The Kier molecular flexibility index (Phi) is 4.49. The van der Waals surface area contributed by atoms with E-state index in [1.54, 1.807) is 18.0 Å². The molecule has 0 bridgehead atoms. The third-order valence-corrected chi connectivity index (χ3v) is 4.25. The molecule has 0 unspecified atom stereocenters. The Balaban J connectivity index is 1.52. The fourth-order valence-electron chi connectivity index (χ4n) is 2.96. The molecular formula is C20H17N5O2. The minimum Gasteiger partial charge on any atom is -0.496 e. The summed E-state index contributed by atoms with van der Waals surface area (Å²) in [6, 6.07) is 19.3. The first-order chi connectivity index (χ1) is 13.3. The summed E-state index contributed by atoms with van der Waals surface area (Å²) in [4.78, 5) is 12.2. The quantitative estimate of drug-likeness (QED) is 0.439. The summed E-state index contributed by atoms with van der Waals surface area (Å²) in [7, 11) is 1.61. The van der Waals surface area contributed by atoms with Gasteiger partial charge in [-0.25, -0.2) is 10.1 Å². The molecule has 1 aromatic heterocycles. The van der Waals surface area contributed by atoms with Crippen LogP contribution in [-0.2, 0) is 11.3 Å². The molecule has 0 spiro atoms. The Bertz CT molecular complexity index is 1150. The van der Waals surface area contributed by atoms with Crippen molar-refractivity contribution in [3.8, 4) is 5.75 Å². The smallest absolute Gasteiger partial charge is 0.261 e. The molecule has 4 rings (SSSR count). The summed E-state index contributed by atoms with van der Waals surface area (Å²) >= 11 is 0. The second-order valence-electron chi connectivity index (χ2n) is 5.93. The van der Waals surface area contributed by atoms with Crippen LogP contribution >= 0.6 is 0 Å². The van der Waals surface area contributed by atoms with E-state index in [-0.39, 0.29) is 12.5 Å². The summed E-state index contributed by atoms with van der Waals surface area (Å²) in [6.07, 6.45) is 1.60. The zero-order valence-corrected chi connectivity index (χ0v) is 14.7. The first-order valence-corrected chi connectivity index (χ1v) is 8.42. The number of carbonyl (C=O) groups is 1. The van der Waals surface area contributed by atoms with Gasteiger partial charge in [0, 0.05) is 5.56 Å². The second kappa shape index (κ2) is 7.25. The van der Waals surface area contributed by atoms with Gasteiger partial charge in [0.1, 0.15) is 17.8 Å². The lowest BCUT2D eigenvalue weighted by molar-refractivity contribution is -0.121. The normalized spacial score (nSPS) is 11.3. The Hall–Kier alpha value is -3.74. The summed E-state index contributed by atoms with van der Waals surface area (Å²) in [5.41, 5.74) is 4.89. The highest BCUT2D eigenvalue weighted by Crippen LogP contribution is 2.26. The van der Waals surface area contributed by atoms with Gasteiger partial charge in [-0.1, -0.05) is 47.7 Å². The number of nitrogens with one attached hydrogen (secondary N) is 1. The molecule has 3 aromatic carbocycles. The summed E-state index contributed by atoms with van der Waals surface area (Å²) < 4.78 is 6.96. The molecule has 0 aliphatic heterocycles. The third kappa shape index (κ3) is 3.35. The molecule has 7 heteroatoms. The Labute approximate surface area is 155 Å². The van der Waals surface area contributed by atoms with Crippen LogP contribution in [-0.4, -0.2) is 34.2 Å². The number of fused-ring (bicyclic) bond motifs is 2. The number of ether oxygens (including phenoxy) is 1. The van der Waals surface area contributed by atoms with E-state index in [0.29, 0.717) is 5.75 Å². The molecule has 7 nitrogen and oxygen atoms in total. The highest BCUT2D eigenvalue weighted by atomic mass is 16.5. The van der Waals surface area contributed by atoms with Gasteiger partial charge in [0.05, 0.1) is 18.8 Å². The van der Waals surface area contributed by atoms with Crippen LogP contribution in [0.4, 0.5) is 0 Å². The predicted octanol–water partition coefficient (Wildman–Crippen LogP) is 2.74. The predicted molar refractivity (Wildman–Crippen MR) is 104 cm³/mol. The molecule has 1 heterocycles. The number of benzene rings is 3. The van der Waals surface area contributed by atoms with Crippen LogP contribution in [0.5, 0.6) is 5.75 Å². The first-order valence-electron chi connectivity index (χ1n) is 8.42. The maximum absolute atomic E-state index is 12.2. The molecule has 4 aromatic rings. The number of carbonyl (C=O) groups excluding carboxylic acids is 1. The molecule has 1 amide bonds. The molecule has 27 heavy (non-hydrogen) atoms. The van der Waals surface area contributed by atoms with Crippen LogP contribution in [0.3, 0.4) is 0 Å². The van der Waals surface area contributed by atoms with Crippen molar-refractivity contribution >= 4 is 33.9 Å². The minimum absolute atomic E-state index is 0.0323. The number of rotatable bonds is 5. The number of hydrogen-bond acceptors (Lipinski definition) is 5. The van der Waals surface area contributed by atoms with E-state index in [1.165, 1.54) is 0 Å². The maximum atomic E-state index is 12.2. The molecule has 1 N–H and O–H groups in total. The molecule has 134 valence electrons. The lowest BCUT2D eigenvalue weighted by Gasteiger charge is -2.08. The van der Waals surface area contributed by atoms with Crippen molar-refractivity contribution in [2.24, 2.45) is 5.10 Å². The molecule has 0 radical (unpaired) electrons. The molecule has 0 saturated carbocycles. The topological polar surface area (TPSA) is 81.4 Å². The third-order valence-electron chi connectivity index (χ3n) is 4.25. The highest BCUT2D eigenvalue weighted by Gasteiger charge is 2.09. The number of hydrazone groups is 1. The van der Waals surface area contributed by atoms with Gasteiger partial charge >= 0.3 is 0 Å². The van der Waals surface area contributed by atoms with E-state index in [1.807, 2.05) is 60.7 Å². The van der Waals surface area contributed by atoms with Crippen LogP contribution in [0.1, 0.15) is 5.56 Å². The SMILES string of the molecule is COc1ccc2ccccc2c1/C=N\NC(=O)Cn1nnc2ccccc21. The Morgan fingerprint density at radius 3 is 2.85 bits per heavy atom. The van der Waals surface area contributed by atoms with Crippen molar-refractivity contribution in [1.82, 2.24) is 20.4 Å². The standard InChI is InChI=1S/C20H17N5O2/c1-27-19-11-10-14-6-2-3-7-15(14)16(19)12-21-23-20(26)13-25-18-9-5-4-8-17(18)22-24-25/h2-12H,13H2,1H3,(H,23,26)/b21-12-. The number of methoxy groups -OCH3 is 1. The Morgan fingerprint density at radius 2 is 1.96 bits per heavy atom. The zero-order chi connectivity index (χ0) is 18.6. The van der Waals surface area contributed by atoms with Crippen molar-refractivity contribution in [2.75, 3.05) is 7.11 Å². The van der Waals surface area contributed by atoms with E-state index in [9.17, 15) is 4.79 Å². The molecule has 0 aliphatic carbocycles. The first kappa shape index (κ1) is 16.7. The average Bonchev–Trinajstić information content (AvgIpc) is 3.11. The van der Waals surface area contributed by atoms with Crippen LogP contribution in [0.25, 0.3) is 21.8 Å². The number of nitrogens with zero attached hydrogens (tertiary/aromatic N) is 4. The lowest BCUT2D eigenvalue weighted by Crippen LogP contribution is -2.23. The fraction of sp³-hybridized carbons (Fsp3) is 0.100. The van der Waals surface area contributed by atoms with Crippen molar-refractivity contribution in [1.29, 1.82) is 0 Å². The van der Waals surface area contributed by atoms with Gasteiger partial charge in [-0.15, -0.1) is 5.10 Å². The van der Waals surface area contributed by atoms with Crippen molar-refractivity contribution in [2.45, 2.75) is 6.54 Å². The van der Waals surface area contributed by atoms with Gasteiger partial charge in [-0.05, 0) is 29.0 Å². The monoisotopic (exact) mass is 359 g/mol. The Morgan fingerprint density at radius 1 is 1.15 bits per heavy atom. The summed E-state index contributed by atoms with van der Waals surface area (Å²) in [5.74, 6) is 0.398. The largest absolute Gasteiger partial charge is 0.496 e. The van der Waals surface area contributed by atoms with Gasteiger partial charge in [-0.2, -0.15) is 5.10 Å². The number of aromatic nitrogens is 3. The van der Waals surface area contributed by atoms with E-state index in [0.717, 1.165) is 27.4 Å². The lowest BCUT2D eigenvalue weighted by atomic mass is 10.0. The van der Waals surface area contributed by atoms with E-state index >= 15 is 0 Å². The zero-order valence-electron chi connectivity index (χ0n) is 14.7. The minimum atomic E-state index is -0.291. The van der Waals surface area contributed by atoms with Crippen molar-refractivity contribution in [3.63, 3.8) is 0 Å². The van der Waals surface area contributed by atoms with Crippen LogP contribution in [0, 0.1) is 0 Å². The van der Waals surface area contributed by atoms with Gasteiger partial charge in [0.25, 0.3) is 5.91 Å². The highest BCUT2D eigenvalue weighted by molar-refractivity contribution is 6.02. The van der Waals surface area contributed by atoms with Gasteiger partial charge < -0.3 is 4.74 Å². The number of para-hydroxylation sites is 1. The summed E-state index contributed by atoms with van der Waals surface area (Å²) in [6.45, 7) is 0.0323. The molecular weight excluding hydrogens is 342 g/mol. The average molecular weight is 359 g/mol. The second-order valence-corrected chi connectivity index (χ2v) is 5.93. The van der Waals surface area contributed by atoms with Crippen molar-refractivity contribution < 1.29 is 9.53 Å². The van der Waals surface area contributed by atoms with Crippen LogP contribution in [0.2, 0.25) is 0 Å². The van der Waals surface area contributed by atoms with E-state index < -0.39 is 0 Å². The number of hydrogen-bond donors (Lipinski definition) is 1. The van der Waals surface area contributed by atoms with Gasteiger partial charge in [0.2, 0.25) is 0 Å². The molecule has 0 saturated heterocycles. The van der Waals surface area contributed by atoms with Crippen molar-refractivity contribution in [3.05, 3.63) is 66.2 Å². The van der Waals surface area contributed by atoms with E-state index in [4.69, 9.17) is 4.74 Å². The molecule has 0 aliphatic rings. The number of amides is 1. The maximum Gasteiger partial charge on any atom is 0.261 e. The van der Waals surface area contributed by atoms with E-state index in [2.05, 4.69) is 20.8 Å². The van der Waals surface area contributed by atoms with Gasteiger partial charge in [-0.3, -0.25) is 4.79 Å². The molecule has 0 fully saturated rings. The summed E-state index contributed by atoms with van der Waals surface area (Å²) in [5, 5.41) is 14.2. The van der Waals surface area contributed by atoms with Crippen LogP contribution < -0.4 is 10.2 Å². The van der Waals surface area contributed by atoms with Crippen LogP contribution in [0.15, 0.2) is 65.8 Å². The van der Waals surface area contributed by atoms with Gasteiger partial charge in [0.15, 0.2) is 0 Å². The molecule has 0 atom stereocenters.